The van der Waals surface area contributed by atoms with Gasteiger partial charge in [-0.15, -0.1) is 12.4 Å². The highest BCUT2D eigenvalue weighted by molar-refractivity contribution is 5.95. The molecule has 8 nitrogen and oxygen atoms in total. The minimum Gasteiger partial charge on any atom is -0.494 e. The third kappa shape index (κ3) is 8.09. The molecule has 0 aliphatic rings. The first-order valence-electron chi connectivity index (χ1n) is 9.72. The Morgan fingerprint density at radius 3 is 2.48 bits per heavy atom. The maximum Gasteiger partial charge on any atom is 0.330 e. The van der Waals surface area contributed by atoms with E-state index in [2.05, 4.69) is 10.2 Å². The van der Waals surface area contributed by atoms with E-state index in [1.165, 1.54) is 0 Å². The molecule has 0 bridgehead atoms. The molecule has 170 valence electrons. The normalized spacial score (nSPS) is 11.5. The van der Waals surface area contributed by atoms with Gasteiger partial charge in [-0.05, 0) is 61.5 Å². The Kier molecular flexibility index (Phi) is 10.8. The second kappa shape index (κ2) is 12.8. The number of nitrogens with one attached hydrogen (secondary N) is 2. The first-order chi connectivity index (χ1) is 14.3. The number of anilines is 1. The molecule has 31 heavy (non-hydrogen) atoms. The molecular formula is C22H31ClN4O4. The highest BCUT2D eigenvalue weighted by Crippen LogP contribution is 2.26. The second-order valence-corrected chi connectivity index (χ2v) is 6.98. The molecule has 0 spiro atoms. The molecule has 0 heterocycles. The summed E-state index contributed by atoms with van der Waals surface area (Å²) in [6.07, 6.45) is 0. The molecule has 0 aliphatic heterocycles. The van der Waals surface area contributed by atoms with Crippen LogP contribution in [0.2, 0.25) is 0 Å². The summed E-state index contributed by atoms with van der Waals surface area (Å²) in [7, 11) is 3.64. The van der Waals surface area contributed by atoms with Crippen molar-refractivity contribution in [3.05, 3.63) is 59.2 Å². The first-order valence-corrected chi connectivity index (χ1v) is 9.72. The Morgan fingerprint density at radius 1 is 1.26 bits per heavy atom. The summed E-state index contributed by atoms with van der Waals surface area (Å²) in [5.74, 6) is -0.411. The molecule has 0 saturated heterocycles. The minimum atomic E-state index is -1.00. The smallest absolute Gasteiger partial charge is 0.330 e. The van der Waals surface area contributed by atoms with Gasteiger partial charge in [-0.3, -0.25) is 10.3 Å². The average molecular weight is 451 g/mol. The lowest BCUT2D eigenvalue weighted by Crippen LogP contribution is -2.23. The Balaban J connectivity index is 0.00000480. The molecule has 0 aromatic heterocycles. The van der Waals surface area contributed by atoms with Gasteiger partial charge < -0.3 is 25.6 Å². The molecule has 0 amide bonds. The molecule has 0 radical (unpaired) electrons. The second-order valence-electron chi connectivity index (χ2n) is 6.98. The summed E-state index contributed by atoms with van der Waals surface area (Å²) < 4.78 is 10.8. The van der Waals surface area contributed by atoms with Crippen molar-refractivity contribution in [1.82, 2.24) is 4.90 Å². The standard InChI is InChI=1S/C22H30N4O4.ClH/c1-4-30-19-12-15(14-26(2)9-10-29-3)11-17(13-19)20(22(27)28)25-18-7-5-16(6-8-18)21(23)24;/h5-8,11-13,20,25H,4,9-10,14H2,1-3H3,(H3,23,24)(H,27,28);1H. The van der Waals surface area contributed by atoms with Gasteiger partial charge in [-0.2, -0.15) is 0 Å². The van der Waals surface area contributed by atoms with Crippen LogP contribution >= 0.6 is 12.4 Å². The first kappa shape index (κ1) is 26.2. The van der Waals surface area contributed by atoms with Crippen molar-refractivity contribution in [2.24, 2.45) is 5.73 Å². The molecule has 1 atom stereocenters. The fraction of sp³-hybridized carbons (Fsp3) is 0.364. The van der Waals surface area contributed by atoms with Gasteiger partial charge in [-0.25, -0.2) is 4.79 Å². The molecule has 9 heteroatoms. The van der Waals surface area contributed by atoms with Crippen LogP contribution < -0.4 is 15.8 Å². The maximum atomic E-state index is 12.0. The van der Waals surface area contributed by atoms with Crippen molar-refractivity contribution in [2.75, 3.05) is 39.2 Å². The van der Waals surface area contributed by atoms with E-state index in [-0.39, 0.29) is 18.2 Å². The summed E-state index contributed by atoms with van der Waals surface area (Å²) in [6.45, 7) is 4.38. The number of nitrogens with zero attached hydrogens (tertiary/aromatic N) is 1. The summed E-state index contributed by atoms with van der Waals surface area (Å²) in [4.78, 5) is 14.1. The molecule has 0 aliphatic carbocycles. The number of hydrogen-bond acceptors (Lipinski definition) is 6. The molecule has 1 unspecified atom stereocenters. The van der Waals surface area contributed by atoms with E-state index in [0.717, 1.165) is 12.1 Å². The highest BCUT2D eigenvalue weighted by Gasteiger charge is 2.21. The van der Waals surface area contributed by atoms with E-state index in [1.54, 1.807) is 37.4 Å². The van der Waals surface area contributed by atoms with Crippen molar-refractivity contribution in [3.63, 3.8) is 0 Å². The van der Waals surface area contributed by atoms with E-state index in [4.69, 9.17) is 20.6 Å². The zero-order chi connectivity index (χ0) is 22.1. The number of halogens is 1. The van der Waals surface area contributed by atoms with E-state index in [1.807, 2.05) is 26.1 Å². The molecular weight excluding hydrogens is 420 g/mol. The third-order valence-electron chi connectivity index (χ3n) is 4.52. The number of carbonyl (C=O) groups is 1. The average Bonchev–Trinajstić information content (AvgIpc) is 2.70. The predicted octanol–water partition coefficient (Wildman–Crippen LogP) is 3.11. The number of methoxy groups -OCH3 is 1. The summed E-state index contributed by atoms with van der Waals surface area (Å²) >= 11 is 0. The fourth-order valence-electron chi connectivity index (χ4n) is 3.03. The van der Waals surface area contributed by atoms with Crippen molar-refractivity contribution in [3.8, 4) is 5.75 Å². The van der Waals surface area contributed by atoms with Crippen LogP contribution in [0.25, 0.3) is 0 Å². The van der Waals surface area contributed by atoms with Gasteiger partial charge in [0.15, 0.2) is 6.04 Å². The van der Waals surface area contributed by atoms with E-state index in [9.17, 15) is 9.90 Å². The molecule has 2 rings (SSSR count). The predicted molar refractivity (Wildman–Crippen MR) is 125 cm³/mol. The number of aliphatic carboxylic acids is 1. The lowest BCUT2D eigenvalue weighted by molar-refractivity contribution is -0.138. The van der Waals surface area contributed by atoms with Crippen LogP contribution in [0.5, 0.6) is 5.75 Å². The quantitative estimate of drug-likeness (QED) is 0.289. The molecule has 2 aromatic rings. The van der Waals surface area contributed by atoms with Crippen LogP contribution in [0.15, 0.2) is 42.5 Å². The number of nitrogen functional groups attached to an aromatic ring is 1. The van der Waals surface area contributed by atoms with E-state index in [0.29, 0.717) is 42.3 Å². The van der Waals surface area contributed by atoms with Crippen LogP contribution in [-0.2, 0) is 16.1 Å². The van der Waals surface area contributed by atoms with Crippen molar-refractivity contribution in [1.29, 1.82) is 5.41 Å². The molecule has 0 fully saturated rings. The zero-order valence-corrected chi connectivity index (χ0v) is 18.9. The fourth-order valence-corrected chi connectivity index (χ4v) is 3.03. The van der Waals surface area contributed by atoms with Crippen LogP contribution in [0.1, 0.15) is 29.7 Å². The minimum absolute atomic E-state index is 0. The van der Waals surface area contributed by atoms with Gasteiger partial charge in [0, 0.05) is 31.5 Å². The number of amidine groups is 1. The van der Waals surface area contributed by atoms with Gasteiger partial charge in [0.25, 0.3) is 0 Å². The number of carboxylic acids is 1. The van der Waals surface area contributed by atoms with Crippen molar-refractivity contribution in [2.45, 2.75) is 19.5 Å². The van der Waals surface area contributed by atoms with Crippen LogP contribution in [0.3, 0.4) is 0 Å². The number of likely N-dealkylation sites (N-methyl/N-ethyl adjacent to an activating group) is 1. The number of rotatable bonds is 12. The Labute approximate surface area is 189 Å². The van der Waals surface area contributed by atoms with Crippen LogP contribution in [0, 0.1) is 5.41 Å². The maximum absolute atomic E-state index is 12.0. The van der Waals surface area contributed by atoms with Gasteiger partial charge in [-0.1, -0.05) is 6.07 Å². The molecule has 5 N–H and O–H groups in total. The highest BCUT2D eigenvalue weighted by atomic mass is 35.5. The van der Waals surface area contributed by atoms with Crippen molar-refractivity contribution < 1.29 is 19.4 Å². The monoisotopic (exact) mass is 450 g/mol. The SMILES string of the molecule is CCOc1cc(CN(C)CCOC)cc(C(Nc2ccc(C(=N)N)cc2)C(=O)O)c1.Cl. The topological polar surface area (TPSA) is 121 Å². The number of nitrogens with two attached hydrogens (primary N) is 1. The number of benzene rings is 2. The van der Waals surface area contributed by atoms with E-state index >= 15 is 0 Å². The Morgan fingerprint density at radius 2 is 1.94 bits per heavy atom. The largest absolute Gasteiger partial charge is 0.494 e. The summed E-state index contributed by atoms with van der Waals surface area (Å²) in [6, 6.07) is 11.4. The molecule has 0 saturated carbocycles. The number of hydrogen-bond donors (Lipinski definition) is 4. The van der Waals surface area contributed by atoms with E-state index < -0.39 is 12.0 Å². The van der Waals surface area contributed by atoms with Gasteiger partial charge in [0.2, 0.25) is 0 Å². The van der Waals surface area contributed by atoms with Gasteiger partial charge in [0.05, 0.1) is 13.2 Å². The van der Waals surface area contributed by atoms with Crippen LogP contribution in [-0.4, -0.2) is 55.7 Å². The Bertz CT molecular complexity index is 861. The molecule has 2 aromatic carbocycles. The van der Waals surface area contributed by atoms with Gasteiger partial charge in [0.1, 0.15) is 11.6 Å². The zero-order valence-electron chi connectivity index (χ0n) is 18.1. The van der Waals surface area contributed by atoms with Crippen molar-refractivity contribution >= 4 is 29.9 Å². The Hall–Kier alpha value is -2.81. The van der Waals surface area contributed by atoms with Gasteiger partial charge >= 0.3 is 5.97 Å². The lowest BCUT2D eigenvalue weighted by atomic mass is 10.0. The summed E-state index contributed by atoms with van der Waals surface area (Å²) in [5.41, 5.74) is 8.22. The summed E-state index contributed by atoms with van der Waals surface area (Å²) in [5, 5.41) is 20.4. The lowest BCUT2D eigenvalue weighted by Gasteiger charge is -2.21. The number of ether oxygens (including phenoxy) is 2. The third-order valence-corrected chi connectivity index (χ3v) is 4.52. The van der Waals surface area contributed by atoms with Crippen LogP contribution in [0.4, 0.5) is 5.69 Å². The number of carboxylic acid groups (broad SMARTS) is 1.